The van der Waals surface area contributed by atoms with Crippen LogP contribution < -0.4 is 0 Å². The van der Waals surface area contributed by atoms with E-state index in [1.807, 2.05) is 56.0 Å². The van der Waals surface area contributed by atoms with Crippen molar-refractivity contribution < 1.29 is 18.8 Å². The highest BCUT2D eigenvalue weighted by molar-refractivity contribution is 6.74. The van der Waals surface area contributed by atoms with Crippen molar-refractivity contribution in [2.24, 2.45) is 0 Å². The topological polar surface area (TPSA) is 59.1 Å². The first kappa shape index (κ1) is 24.4. The molecule has 2 amide bonds. The summed E-state index contributed by atoms with van der Waals surface area (Å²) in [6, 6.07) is 9.83. The zero-order chi connectivity index (χ0) is 22.7. The molecule has 0 N–H and O–H groups in total. The Morgan fingerprint density at radius 2 is 1.67 bits per heavy atom. The summed E-state index contributed by atoms with van der Waals surface area (Å²) in [7, 11) is -1.97. The van der Waals surface area contributed by atoms with Gasteiger partial charge in [-0.3, -0.25) is 9.69 Å². The third-order valence-electron chi connectivity index (χ3n) is 5.88. The van der Waals surface area contributed by atoms with E-state index in [-0.39, 0.29) is 23.5 Å². The van der Waals surface area contributed by atoms with Gasteiger partial charge in [0.25, 0.3) is 0 Å². The highest BCUT2D eigenvalue weighted by Crippen LogP contribution is 2.37. The number of amides is 2. The minimum Gasteiger partial charge on any atom is -0.444 e. The molecule has 1 fully saturated rings. The molecule has 168 valence electrons. The van der Waals surface area contributed by atoms with E-state index < -0.39 is 20.0 Å². The van der Waals surface area contributed by atoms with E-state index in [2.05, 4.69) is 33.9 Å². The average molecular weight is 435 g/mol. The smallest absolute Gasteiger partial charge is 0.410 e. The SMILES string of the molecule is CC(C)(C)OC(=O)N1CCN([C@@H](CO[Si](C)(C)C(C)(C)C)c2ccccc2)C(=O)C1. The molecule has 1 aliphatic rings. The molecule has 0 unspecified atom stereocenters. The molecule has 1 aromatic carbocycles. The summed E-state index contributed by atoms with van der Waals surface area (Å²) in [5.41, 5.74) is 0.469. The van der Waals surface area contributed by atoms with Crippen molar-refractivity contribution in [1.82, 2.24) is 9.80 Å². The van der Waals surface area contributed by atoms with E-state index >= 15 is 0 Å². The molecule has 7 heteroatoms. The first-order chi connectivity index (χ1) is 13.7. The van der Waals surface area contributed by atoms with Gasteiger partial charge in [0.2, 0.25) is 5.91 Å². The number of ether oxygens (including phenoxy) is 1. The molecular formula is C23H38N2O4Si. The van der Waals surface area contributed by atoms with Crippen LogP contribution in [0.3, 0.4) is 0 Å². The largest absolute Gasteiger partial charge is 0.444 e. The number of hydrogen-bond donors (Lipinski definition) is 0. The normalized spacial score (nSPS) is 17.1. The van der Waals surface area contributed by atoms with Crippen LogP contribution in [0.5, 0.6) is 0 Å². The second-order valence-electron chi connectivity index (χ2n) is 10.5. The summed E-state index contributed by atoms with van der Waals surface area (Å²) in [6.45, 7) is 17.9. The number of benzene rings is 1. The van der Waals surface area contributed by atoms with E-state index in [4.69, 9.17) is 9.16 Å². The number of hydrogen-bond acceptors (Lipinski definition) is 4. The monoisotopic (exact) mass is 434 g/mol. The summed E-state index contributed by atoms with van der Waals surface area (Å²) < 4.78 is 11.9. The van der Waals surface area contributed by atoms with Gasteiger partial charge in [-0.05, 0) is 44.5 Å². The van der Waals surface area contributed by atoms with Crippen molar-refractivity contribution in [3.63, 3.8) is 0 Å². The van der Waals surface area contributed by atoms with Gasteiger partial charge in [-0.15, -0.1) is 0 Å². The predicted molar refractivity (Wildman–Crippen MR) is 122 cm³/mol. The van der Waals surface area contributed by atoms with Crippen LogP contribution in [0.2, 0.25) is 18.1 Å². The van der Waals surface area contributed by atoms with Gasteiger partial charge in [-0.2, -0.15) is 0 Å². The summed E-state index contributed by atoms with van der Waals surface area (Å²) in [6.07, 6.45) is -0.440. The molecule has 0 saturated carbocycles. The standard InChI is InChI=1S/C23H38N2O4Si/c1-22(2,3)29-21(27)24-14-15-25(20(26)16-24)19(18-12-10-9-11-13-18)17-28-30(7,8)23(4,5)6/h9-13,19H,14-17H2,1-8H3/t19-/m0/s1. The van der Waals surface area contributed by atoms with Crippen LogP contribution in [0.25, 0.3) is 0 Å². The molecular weight excluding hydrogens is 396 g/mol. The number of carbonyl (C=O) groups is 2. The number of rotatable bonds is 5. The molecule has 0 radical (unpaired) electrons. The van der Waals surface area contributed by atoms with E-state index in [9.17, 15) is 9.59 Å². The van der Waals surface area contributed by atoms with Crippen LogP contribution in [0.1, 0.15) is 53.1 Å². The van der Waals surface area contributed by atoms with Gasteiger partial charge in [-0.1, -0.05) is 51.1 Å². The van der Waals surface area contributed by atoms with Crippen LogP contribution in [-0.2, 0) is 14.0 Å². The quantitative estimate of drug-likeness (QED) is 0.623. The highest BCUT2D eigenvalue weighted by Gasteiger charge is 2.40. The molecule has 0 spiro atoms. The van der Waals surface area contributed by atoms with Gasteiger partial charge < -0.3 is 14.1 Å². The molecule has 1 atom stereocenters. The maximum atomic E-state index is 13.0. The van der Waals surface area contributed by atoms with Crippen molar-refractivity contribution in [2.45, 2.75) is 71.3 Å². The summed E-state index contributed by atoms with van der Waals surface area (Å²) in [5.74, 6) is -0.0835. The van der Waals surface area contributed by atoms with E-state index in [1.165, 1.54) is 4.90 Å². The molecule has 6 nitrogen and oxygen atoms in total. The zero-order valence-corrected chi connectivity index (χ0v) is 20.8. The van der Waals surface area contributed by atoms with Crippen molar-refractivity contribution in [3.05, 3.63) is 35.9 Å². The third kappa shape index (κ3) is 6.32. The molecule has 1 aliphatic heterocycles. The highest BCUT2D eigenvalue weighted by atomic mass is 28.4. The maximum Gasteiger partial charge on any atom is 0.410 e. The van der Waals surface area contributed by atoms with E-state index in [0.29, 0.717) is 19.7 Å². The van der Waals surface area contributed by atoms with Gasteiger partial charge in [0.15, 0.2) is 8.32 Å². The molecule has 1 saturated heterocycles. The molecule has 0 aliphatic carbocycles. The fourth-order valence-electron chi connectivity index (χ4n) is 3.04. The Labute approximate surface area is 182 Å². The Hall–Kier alpha value is -1.86. The number of carbonyl (C=O) groups excluding carboxylic acids is 2. The zero-order valence-electron chi connectivity index (χ0n) is 19.8. The minimum absolute atomic E-state index is 0.0261. The second-order valence-corrected chi connectivity index (χ2v) is 15.3. The molecule has 1 aromatic rings. The Balaban J connectivity index is 2.16. The number of piperazine rings is 1. The Bertz CT molecular complexity index is 738. The maximum absolute atomic E-state index is 13.0. The molecule has 2 rings (SSSR count). The first-order valence-electron chi connectivity index (χ1n) is 10.7. The summed E-state index contributed by atoms with van der Waals surface area (Å²) >= 11 is 0. The minimum atomic E-state index is -1.97. The Morgan fingerprint density at radius 3 is 2.17 bits per heavy atom. The molecule has 1 heterocycles. The molecule has 0 bridgehead atoms. The lowest BCUT2D eigenvalue weighted by Gasteiger charge is -2.42. The van der Waals surface area contributed by atoms with Crippen molar-refractivity contribution >= 4 is 20.3 Å². The Kier molecular flexibility index (Phi) is 7.40. The number of nitrogens with zero attached hydrogens (tertiary/aromatic N) is 2. The first-order valence-corrected chi connectivity index (χ1v) is 13.6. The second kappa shape index (κ2) is 9.10. The van der Waals surface area contributed by atoms with E-state index in [1.54, 1.807) is 0 Å². The fraction of sp³-hybridized carbons (Fsp3) is 0.652. The lowest BCUT2D eigenvalue weighted by Crippen LogP contribution is -2.55. The van der Waals surface area contributed by atoms with Crippen LogP contribution in [0.4, 0.5) is 4.79 Å². The van der Waals surface area contributed by atoms with Crippen molar-refractivity contribution in [2.75, 3.05) is 26.2 Å². The molecule has 30 heavy (non-hydrogen) atoms. The van der Waals surface area contributed by atoms with Gasteiger partial charge >= 0.3 is 6.09 Å². The van der Waals surface area contributed by atoms with Crippen LogP contribution in [0, 0.1) is 0 Å². The van der Waals surface area contributed by atoms with Crippen molar-refractivity contribution in [3.8, 4) is 0 Å². The van der Waals surface area contributed by atoms with Crippen LogP contribution >= 0.6 is 0 Å². The van der Waals surface area contributed by atoms with Crippen molar-refractivity contribution in [1.29, 1.82) is 0 Å². The van der Waals surface area contributed by atoms with Gasteiger partial charge in [0.05, 0.1) is 12.6 Å². The molecule has 0 aromatic heterocycles. The average Bonchev–Trinajstić information content (AvgIpc) is 2.61. The van der Waals surface area contributed by atoms with E-state index in [0.717, 1.165) is 5.56 Å². The van der Waals surface area contributed by atoms with Gasteiger partial charge in [-0.25, -0.2) is 4.79 Å². The fourth-order valence-corrected chi connectivity index (χ4v) is 4.05. The van der Waals surface area contributed by atoms with Gasteiger partial charge in [0.1, 0.15) is 12.1 Å². The summed E-state index contributed by atoms with van der Waals surface area (Å²) in [5, 5.41) is 0.0909. The van der Waals surface area contributed by atoms with Crippen LogP contribution in [0.15, 0.2) is 30.3 Å². The predicted octanol–water partition coefficient (Wildman–Crippen LogP) is 4.83. The van der Waals surface area contributed by atoms with Crippen LogP contribution in [-0.4, -0.2) is 62.0 Å². The van der Waals surface area contributed by atoms with Gasteiger partial charge in [0, 0.05) is 13.1 Å². The lowest BCUT2D eigenvalue weighted by molar-refractivity contribution is -0.139. The Morgan fingerprint density at radius 1 is 1.07 bits per heavy atom. The summed E-state index contributed by atoms with van der Waals surface area (Å²) in [4.78, 5) is 28.8. The third-order valence-corrected chi connectivity index (χ3v) is 10.4. The lowest BCUT2D eigenvalue weighted by atomic mass is 10.1.